The molecule has 0 bridgehead atoms. The van der Waals surface area contributed by atoms with E-state index in [2.05, 4.69) is 33.0 Å². The Morgan fingerprint density at radius 3 is 2.60 bits per heavy atom. The first-order valence-corrected chi connectivity index (χ1v) is 8.21. The summed E-state index contributed by atoms with van der Waals surface area (Å²) in [6.07, 6.45) is 3.31. The van der Waals surface area contributed by atoms with Crippen LogP contribution in [0.2, 0.25) is 5.15 Å². The van der Waals surface area contributed by atoms with Crippen molar-refractivity contribution in [3.05, 3.63) is 25.7 Å². The van der Waals surface area contributed by atoms with E-state index >= 15 is 0 Å². The predicted octanol–water partition coefficient (Wildman–Crippen LogP) is 3.53. The van der Waals surface area contributed by atoms with Gasteiger partial charge >= 0.3 is 0 Å². The van der Waals surface area contributed by atoms with Crippen LogP contribution in [0.3, 0.4) is 0 Å². The highest BCUT2D eigenvalue weighted by molar-refractivity contribution is 14.1. The smallest absolute Gasteiger partial charge is 0.131 e. The van der Waals surface area contributed by atoms with Gasteiger partial charge in [-0.05, 0) is 60.8 Å². The maximum atomic E-state index is 8.01. The molecule has 20 heavy (non-hydrogen) atoms. The fourth-order valence-electron chi connectivity index (χ4n) is 2.11. The van der Waals surface area contributed by atoms with Crippen molar-refractivity contribution >= 4 is 39.9 Å². The van der Waals surface area contributed by atoms with Crippen molar-refractivity contribution in [2.24, 2.45) is 13.0 Å². The lowest BCUT2D eigenvalue weighted by atomic mass is 10.0. The third-order valence-electron chi connectivity index (χ3n) is 3.63. The number of nitrogens with one attached hydrogen (secondary N) is 2. The Kier molecular flexibility index (Phi) is 5.12. The average Bonchev–Trinajstić information content (AvgIpc) is 3.15. The van der Waals surface area contributed by atoms with Crippen LogP contribution in [0, 0.1) is 15.0 Å². The van der Waals surface area contributed by atoms with E-state index in [1.807, 2.05) is 20.9 Å². The largest absolute Gasteiger partial charge is 0.388 e. The second-order valence-corrected chi connectivity index (χ2v) is 6.79. The predicted molar refractivity (Wildman–Crippen MR) is 91.5 cm³/mol. The summed E-state index contributed by atoms with van der Waals surface area (Å²) in [6.45, 7) is 4.89. The molecule has 0 aromatic carbocycles. The highest BCUT2D eigenvalue weighted by Crippen LogP contribution is 2.28. The molecule has 1 aliphatic rings. The minimum atomic E-state index is 0.585. The van der Waals surface area contributed by atoms with E-state index in [-0.39, 0.29) is 0 Å². The summed E-state index contributed by atoms with van der Waals surface area (Å²) in [7, 11) is 1.84. The maximum absolute atomic E-state index is 8.01. The number of aromatic nitrogens is 2. The topological polar surface area (TPSA) is 53.7 Å². The molecular formula is C14H20ClIN4. The van der Waals surface area contributed by atoms with E-state index in [1.54, 1.807) is 4.68 Å². The van der Waals surface area contributed by atoms with Gasteiger partial charge in [-0.15, -0.1) is 0 Å². The molecule has 0 atom stereocenters. The molecule has 6 heteroatoms. The van der Waals surface area contributed by atoms with E-state index in [4.69, 9.17) is 17.0 Å². The quantitative estimate of drug-likeness (QED) is 0.561. The summed E-state index contributed by atoms with van der Waals surface area (Å²) in [4.78, 5) is 0. The standard InChI is InChI=1S/C14H20ClIN4/c1-8(17)11(9(2)18-7-10-4-5-10)6-12-13(15)20(3)19-14(12)16/h10,17-18H,4-7H2,1-3H3/b11-9-,17-8?. The zero-order chi connectivity index (χ0) is 14.9. The van der Waals surface area contributed by atoms with Gasteiger partial charge in [-0.25, -0.2) is 0 Å². The van der Waals surface area contributed by atoms with E-state index < -0.39 is 0 Å². The summed E-state index contributed by atoms with van der Waals surface area (Å²) in [5.41, 5.74) is 3.68. The minimum Gasteiger partial charge on any atom is -0.388 e. The molecule has 0 spiro atoms. The zero-order valence-electron chi connectivity index (χ0n) is 12.1. The van der Waals surface area contributed by atoms with Crippen molar-refractivity contribution < 1.29 is 0 Å². The molecule has 0 amide bonds. The van der Waals surface area contributed by atoms with Gasteiger partial charge in [-0.3, -0.25) is 4.68 Å². The van der Waals surface area contributed by atoms with E-state index in [0.29, 0.717) is 17.3 Å². The van der Waals surface area contributed by atoms with E-state index in [1.165, 1.54) is 12.8 Å². The minimum absolute atomic E-state index is 0.585. The number of allylic oxidation sites excluding steroid dienone is 2. The molecule has 2 N–H and O–H groups in total. The van der Waals surface area contributed by atoms with Gasteiger partial charge in [0.1, 0.15) is 8.85 Å². The molecule has 1 fully saturated rings. The SMILES string of the molecule is CC(=N)/C(Cc1c(I)nn(C)c1Cl)=C(/C)NCC1CC1. The molecule has 0 radical (unpaired) electrons. The van der Waals surface area contributed by atoms with Crippen LogP contribution in [0.15, 0.2) is 11.3 Å². The van der Waals surface area contributed by atoms with E-state index in [0.717, 1.165) is 33.0 Å². The van der Waals surface area contributed by atoms with Crippen LogP contribution in [0.4, 0.5) is 0 Å². The Hall–Kier alpha value is -0.560. The Labute approximate surface area is 138 Å². The van der Waals surface area contributed by atoms with Crippen LogP contribution in [0.1, 0.15) is 32.3 Å². The summed E-state index contributed by atoms with van der Waals surface area (Å²) < 4.78 is 2.59. The third-order valence-corrected chi connectivity index (χ3v) is 4.97. The Morgan fingerprint density at radius 1 is 1.50 bits per heavy atom. The lowest BCUT2D eigenvalue weighted by molar-refractivity contribution is 0.711. The van der Waals surface area contributed by atoms with E-state index in [9.17, 15) is 0 Å². The lowest BCUT2D eigenvalue weighted by Crippen LogP contribution is -2.19. The molecule has 4 nitrogen and oxygen atoms in total. The fraction of sp³-hybridized carbons (Fsp3) is 0.571. The molecule has 1 heterocycles. The molecule has 1 aromatic heterocycles. The van der Waals surface area contributed by atoms with Crippen molar-refractivity contribution in [3.8, 4) is 0 Å². The van der Waals surface area contributed by atoms with Gasteiger partial charge in [-0.2, -0.15) is 5.10 Å². The van der Waals surface area contributed by atoms with Gasteiger partial charge in [0.25, 0.3) is 0 Å². The van der Waals surface area contributed by atoms with Gasteiger partial charge in [-0.1, -0.05) is 11.6 Å². The first-order valence-electron chi connectivity index (χ1n) is 6.76. The van der Waals surface area contributed by atoms with Crippen molar-refractivity contribution in [3.63, 3.8) is 0 Å². The fourth-order valence-corrected chi connectivity index (χ4v) is 3.23. The van der Waals surface area contributed by atoms with Crippen molar-refractivity contribution in [2.45, 2.75) is 33.1 Å². The molecule has 1 aliphatic carbocycles. The molecule has 0 aliphatic heterocycles. The van der Waals surface area contributed by atoms with Gasteiger partial charge in [0.2, 0.25) is 0 Å². The first-order chi connectivity index (χ1) is 9.40. The normalized spacial score (nSPS) is 16.1. The second-order valence-electron chi connectivity index (χ2n) is 5.41. The number of nitrogens with zero attached hydrogens (tertiary/aromatic N) is 2. The number of aryl methyl sites for hydroxylation is 1. The van der Waals surface area contributed by atoms with Gasteiger partial charge in [0, 0.05) is 37.0 Å². The van der Waals surface area contributed by atoms with Crippen LogP contribution in [-0.4, -0.2) is 22.0 Å². The zero-order valence-corrected chi connectivity index (χ0v) is 15.0. The van der Waals surface area contributed by atoms with Crippen molar-refractivity contribution in [1.82, 2.24) is 15.1 Å². The van der Waals surface area contributed by atoms with Crippen LogP contribution < -0.4 is 5.32 Å². The van der Waals surface area contributed by atoms with Gasteiger partial charge in [0.05, 0.1) is 0 Å². The molecule has 110 valence electrons. The van der Waals surface area contributed by atoms with Crippen LogP contribution in [-0.2, 0) is 13.5 Å². The summed E-state index contributed by atoms with van der Waals surface area (Å²) in [5.74, 6) is 0.819. The van der Waals surface area contributed by atoms with Gasteiger partial charge < -0.3 is 10.7 Å². The molecule has 0 unspecified atom stereocenters. The Bertz CT molecular complexity index is 558. The number of rotatable bonds is 6. The molecule has 0 saturated heterocycles. The van der Waals surface area contributed by atoms with Crippen LogP contribution in [0.25, 0.3) is 0 Å². The second kappa shape index (κ2) is 6.47. The number of halogens is 2. The van der Waals surface area contributed by atoms with Gasteiger partial charge in [0.15, 0.2) is 0 Å². The third kappa shape index (κ3) is 3.75. The molecule has 1 saturated carbocycles. The number of hydrogen-bond acceptors (Lipinski definition) is 3. The Morgan fingerprint density at radius 2 is 2.15 bits per heavy atom. The first kappa shape index (κ1) is 15.8. The van der Waals surface area contributed by atoms with Crippen LogP contribution in [0.5, 0.6) is 0 Å². The summed E-state index contributed by atoms with van der Waals surface area (Å²) >= 11 is 8.49. The van der Waals surface area contributed by atoms with Crippen molar-refractivity contribution in [2.75, 3.05) is 6.54 Å². The average molecular weight is 407 g/mol. The maximum Gasteiger partial charge on any atom is 0.131 e. The summed E-state index contributed by atoms with van der Waals surface area (Å²) in [6, 6.07) is 0. The molecule has 1 aromatic rings. The highest BCUT2D eigenvalue weighted by Gasteiger charge is 2.21. The lowest BCUT2D eigenvalue weighted by Gasteiger charge is -2.13. The molecular weight excluding hydrogens is 387 g/mol. The highest BCUT2D eigenvalue weighted by atomic mass is 127. The van der Waals surface area contributed by atoms with Crippen LogP contribution >= 0.6 is 34.2 Å². The van der Waals surface area contributed by atoms with Crippen molar-refractivity contribution in [1.29, 1.82) is 5.41 Å². The molecule has 2 rings (SSSR count). The monoisotopic (exact) mass is 406 g/mol. The Balaban J connectivity index is 2.19. The number of hydrogen-bond donors (Lipinski definition) is 2. The summed E-state index contributed by atoms with van der Waals surface area (Å²) in [5, 5.41) is 16.4.